The fraction of sp³-hybridized carbons (Fsp3) is 0.907. The van der Waals surface area contributed by atoms with Crippen molar-refractivity contribution in [3.63, 3.8) is 0 Å². The molecule has 3 unspecified atom stereocenters. The van der Waals surface area contributed by atoms with Crippen LogP contribution in [0, 0.1) is 0 Å². The number of nitrogens with one attached hydrogen (secondary N) is 1. The van der Waals surface area contributed by atoms with Gasteiger partial charge in [-0.1, -0.05) is 244 Å². The second-order valence-electron chi connectivity index (χ2n) is 20.0. The van der Waals surface area contributed by atoms with Gasteiger partial charge in [0.05, 0.1) is 39.9 Å². The van der Waals surface area contributed by atoms with E-state index >= 15 is 0 Å². The quantitative estimate of drug-likeness (QED) is 0.0243. The highest BCUT2D eigenvalue weighted by Gasteiger charge is 2.28. The van der Waals surface area contributed by atoms with Gasteiger partial charge in [0.2, 0.25) is 5.91 Å². The Morgan fingerprint density at radius 1 is 0.540 bits per heavy atom. The molecule has 0 aromatic heterocycles. The molecule has 0 rings (SSSR count). The van der Waals surface area contributed by atoms with Crippen LogP contribution >= 0.6 is 7.82 Å². The zero-order chi connectivity index (χ0) is 46.4. The van der Waals surface area contributed by atoms with Crippen molar-refractivity contribution in [2.45, 2.75) is 276 Å². The fourth-order valence-electron chi connectivity index (χ4n) is 8.15. The fourth-order valence-corrected chi connectivity index (χ4v) is 8.88. The molecule has 0 aliphatic heterocycles. The first-order chi connectivity index (χ1) is 30.5. The lowest BCUT2D eigenvalue weighted by molar-refractivity contribution is -0.870. The van der Waals surface area contributed by atoms with E-state index in [9.17, 15) is 19.4 Å². The highest BCUT2D eigenvalue weighted by Crippen LogP contribution is 2.43. The minimum Gasteiger partial charge on any atom is -0.391 e. The van der Waals surface area contributed by atoms with E-state index in [4.69, 9.17) is 9.05 Å². The summed E-state index contributed by atoms with van der Waals surface area (Å²) in [6.07, 6.45) is 56.7. The number of allylic oxidation sites excluding steroid dienone is 4. The first-order valence-corrected chi connectivity index (χ1v) is 28.7. The maximum Gasteiger partial charge on any atom is 0.472 e. The molecule has 0 aromatic rings. The van der Waals surface area contributed by atoms with Crippen molar-refractivity contribution in [3.05, 3.63) is 24.3 Å². The third-order valence-electron chi connectivity index (χ3n) is 12.4. The van der Waals surface area contributed by atoms with Gasteiger partial charge in [-0.3, -0.25) is 13.8 Å². The van der Waals surface area contributed by atoms with Crippen LogP contribution in [-0.4, -0.2) is 73.4 Å². The van der Waals surface area contributed by atoms with Crippen LogP contribution in [0.5, 0.6) is 0 Å². The van der Waals surface area contributed by atoms with Crippen molar-refractivity contribution >= 4 is 13.7 Å². The molecule has 8 nitrogen and oxygen atoms in total. The van der Waals surface area contributed by atoms with Crippen LogP contribution in [0.15, 0.2) is 24.3 Å². The number of nitrogens with zero attached hydrogens (tertiary/aromatic N) is 1. The van der Waals surface area contributed by atoms with Crippen LogP contribution in [0.3, 0.4) is 0 Å². The van der Waals surface area contributed by atoms with Gasteiger partial charge in [0.1, 0.15) is 13.2 Å². The van der Waals surface area contributed by atoms with Crippen molar-refractivity contribution in [1.29, 1.82) is 0 Å². The molecule has 0 fully saturated rings. The highest BCUT2D eigenvalue weighted by molar-refractivity contribution is 7.47. The van der Waals surface area contributed by atoms with Crippen molar-refractivity contribution in [3.8, 4) is 0 Å². The molecule has 0 radical (unpaired) electrons. The number of quaternary nitrogens is 1. The summed E-state index contributed by atoms with van der Waals surface area (Å²) in [6, 6.07) is -0.766. The largest absolute Gasteiger partial charge is 0.472 e. The van der Waals surface area contributed by atoms with Gasteiger partial charge < -0.3 is 19.8 Å². The molecule has 3 atom stereocenters. The summed E-state index contributed by atoms with van der Waals surface area (Å²) in [6.45, 7) is 4.84. The molecule has 374 valence electrons. The number of amides is 1. The molecule has 0 aliphatic rings. The van der Waals surface area contributed by atoms with Crippen molar-refractivity contribution < 1.29 is 32.9 Å². The van der Waals surface area contributed by atoms with Crippen LogP contribution in [0.25, 0.3) is 0 Å². The third kappa shape index (κ3) is 48.7. The van der Waals surface area contributed by atoms with E-state index in [0.717, 1.165) is 70.6 Å². The lowest BCUT2D eigenvalue weighted by Gasteiger charge is -2.26. The molecular formula is C54H108N2O6P+. The van der Waals surface area contributed by atoms with E-state index < -0.39 is 20.0 Å². The van der Waals surface area contributed by atoms with Crippen molar-refractivity contribution in [1.82, 2.24) is 5.32 Å². The van der Waals surface area contributed by atoms with Gasteiger partial charge in [0, 0.05) is 6.42 Å². The van der Waals surface area contributed by atoms with Gasteiger partial charge in [0.15, 0.2) is 0 Å². The Bertz CT molecular complexity index is 1080. The number of hydrogen-bond acceptors (Lipinski definition) is 5. The van der Waals surface area contributed by atoms with E-state index in [0.29, 0.717) is 23.9 Å². The first-order valence-electron chi connectivity index (χ1n) is 27.2. The number of likely N-dealkylation sites (N-methyl/N-ethyl adjacent to an activating group) is 1. The normalized spacial score (nSPS) is 14.2. The molecular weight excluding hydrogens is 804 g/mol. The number of aliphatic hydroxyl groups is 1. The second kappa shape index (κ2) is 46.1. The van der Waals surface area contributed by atoms with Crippen molar-refractivity contribution in [2.24, 2.45) is 0 Å². The topological polar surface area (TPSA) is 105 Å². The van der Waals surface area contributed by atoms with E-state index in [1.54, 1.807) is 0 Å². The van der Waals surface area contributed by atoms with Crippen LogP contribution in [0.1, 0.15) is 264 Å². The van der Waals surface area contributed by atoms with Gasteiger partial charge in [0.25, 0.3) is 0 Å². The average molecular weight is 912 g/mol. The monoisotopic (exact) mass is 912 g/mol. The lowest BCUT2D eigenvalue weighted by atomic mass is 10.0. The zero-order valence-corrected chi connectivity index (χ0v) is 43.5. The SMILES string of the molecule is CCC/C=C\C/C=C\CCCCCCCC(=O)NC(COP(=O)(O)OCC[N+](C)(C)C)C(O)CCCCCCCCCCCCCCCCCCCCCCCCCCCCCC. The number of phosphoric acid groups is 1. The summed E-state index contributed by atoms with van der Waals surface area (Å²) in [5.41, 5.74) is 0. The Balaban J connectivity index is 4.08. The van der Waals surface area contributed by atoms with Gasteiger partial charge in [-0.2, -0.15) is 0 Å². The molecule has 9 heteroatoms. The smallest absolute Gasteiger partial charge is 0.391 e. The third-order valence-corrected chi connectivity index (χ3v) is 13.4. The maximum absolute atomic E-state index is 12.9. The Labute approximate surface area is 392 Å². The molecule has 1 amide bonds. The van der Waals surface area contributed by atoms with Crippen LogP contribution in [0.2, 0.25) is 0 Å². The summed E-state index contributed by atoms with van der Waals surface area (Å²) in [5, 5.41) is 14.0. The molecule has 0 saturated carbocycles. The Hall–Kier alpha value is -1.02. The predicted molar refractivity (Wildman–Crippen MR) is 272 cm³/mol. The minimum atomic E-state index is -4.32. The van der Waals surface area contributed by atoms with Crippen LogP contribution in [-0.2, 0) is 18.4 Å². The minimum absolute atomic E-state index is 0.0726. The molecule has 0 heterocycles. The van der Waals surface area contributed by atoms with Gasteiger partial charge in [-0.15, -0.1) is 0 Å². The lowest BCUT2D eigenvalue weighted by Crippen LogP contribution is -2.46. The molecule has 3 N–H and O–H groups in total. The standard InChI is InChI=1S/C54H107N2O6P/c1-6-8-10-12-14-16-18-20-21-22-23-24-25-26-27-28-29-30-31-32-33-34-36-37-39-41-43-45-47-53(57)52(51-62-63(59,60)61-50-49-56(3,4)5)55-54(58)48-46-44-42-40-38-35-19-17-15-13-11-9-7-2/h11,13,17,19,52-53,57H,6-10,12,14-16,18,20-51H2,1-5H3,(H-,55,58,59,60)/p+1/b13-11-,19-17-. The Morgan fingerprint density at radius 2 is 0.937 bits per heavy atom. The maximum atomic E-state index is 12.9. The first kappa shape index (κ1) is 62.0. The van der Waals surface area contributed by atoms with Gasteiger partial charge in [-0.25, -0.2) is 4.57 Å². The van der Waals surface area contributed by atoms with Crippen LogP contribution < -0.4 is 5.32 Å². The number of carbonyl (C=O) groups is 1. The van der Waals surface area contributed by atoms with E-state index in [2.05, 4.69) is 43.5 Å². The summed E-state index contributed by atoms with van der Waals surface area (Å²) in [7, 11) is 1.61. The number of rotatable bonds is 50. The van der Waals surface area contributed by atoms with Gasteiger partial charge >= 0.3 is 7.82 Å². The summed E-state index contributed by atoms with van der Waals surface area (Å²) in [4.78, 5) is 23.2. The number of unbranched alkanes of at least 4 members (excludes halogenated alkanes) is 33. The van der Waals surface area contributed by atoms with E-state index in [-0.39, 0.29) is 19.1 Å². The van der Waals surface area contributed by atoms with Gasteiger partial charge in [-0.05, 0) is 38.5 Å². The number of carbonyl (C=O) groups excluding carboxylic acids is 1. The van der Waals surface area contributed by atoms with Crippen molar-refractivity contribution in [2.75, 3.05) is 40.9 Å². The number of aliphatic hydroxyl groups excluding tert-OH is 1. The summed E-state index contributed by atoms with van der Waals surface area (Å²) < 4.78 is 23.7. The predicted octanol–water partition coefficient (Wildman–Crippen LogP) is 16.0. The molecule has 0 bridgehead atoms. The average Bonchev–Trinajstić information content (AvgIpc) is 3.24. The summed E-state index contributed by atoms with van der Waals surface area (Å²) in [5.74, 6) is -0.157. The Morgan fingerprint density at radius 3 is 1.37 bits per heavy atom. The molecule has 0 spiro atoms. The molecule has 63 heavy (non-hydrogen) atoms. The molecule has 0 aromatic carbocycles. The number of hydrogen-bond donors (Lipinski definition) is 3. The second-order valence-corrected chi connectivity index (χ2v) is 21.4. The molecule has 0 aliphatic carbocycles. The Kier molecular flexibility index (Phi) is 45.4. The van der Waals surface area contributed by atoms with E-state index in [1.165, 1.54) is 167 Å². The summed E-state index contributed by atoms with van der Waals surface area (Å²) >= 11 is 0. The van der Waals surface area contributed by atoms with Crippen LogP contribution in [0.4, 0.5) is 0 Å². The number of phosphoric ester groups is 1. The molecule has 0 saturated heterocycles. The van der Waals surface area contributed by atoms with E-state index in [1.807, 2.05) is 21.1 Å². The zero-order valence-electron chi connectivity index (χ0n) is 42.6. The highest BCUT2D eigenvalue weighted by atomic mass is 31.2.